The molecule has 2 aromatic rings. The lowest BCUT2D eigenvalue weighted by atomic mass is 10.4. The molecule has 2 aromatic heterocycles. The summed E-state index contributed by atoms with van der Waals surface area (Å²) in [7, 11) is 0. The van der Waals surface area contributed by atoms with Gasteiger partial charge in [0.15, 0.2) is 0 Å². The van der Waals surface area contributed by atoms with Crippen molar-refractivity contribution >= 4 is 44.6 Å². The van der Waals surface area contributed by atoms with E-state index in [1.807, 2.05) is 12.1 Å². The number of aromatic nitrogens is 1. The number of thiazole rings is 1. The van der Waals surface area contributed by atoms with Crippen LogP contribution in [0.5, 0.6) is 0 Å². The fourth-order valence-electron chi connectivity index (χ4n) is 1.26. The van der Waals surface area contributed by atoms with Crippen LogP contribution in [-0.2, 0) is 11.3 Å². The van der Waals surface area contributed by atoms with Crippen LogP contribution < -0.4 is 4.87 Å². The van der Waals surface area contributed by atoms with Crippen molar-refractivity contribution in [1.29, 1.82) is 0 Å². The molecule has 0 saturated heterocycles. The molecule has 7 heteroatoms. The number of halogens is 1. The first-order chi connectivity index (χ1) is 7.58. The van der Waals surface area contributed by atoms with Crippen LogP contribution in [0.3, 0.4) is 0 Å². The lowest BCUT2D eigenvalue weighted by molar-refractivity contribution is -0.137. The second-order valence-electron chi connectivity index (χ2n) is 2.97. The van der Waals surface area contributed by atoms with Crippen molar-refractivity contribution in [2.75, 3.05) is 0 Å². The molecule has 1 N–H and O–H groups in total. The highest BCUT2D eigenvalue weighted by atomic mass is 79.9. The lowest BCUT2D eigenvalue weighted by Crippen LogP contribution is -2.19. The smallest absolute Gasteiger partial charge is 0.323 e. The number of rotatable bonds is 3. The van der Waals surface area contributed by atoms with E-state index in [1.165, 1.54) is 15.9 Å². The monoisotopic (exact) mass is 319 g/mol. The van der Waals surface area contributed by atoms with Crippen molar-refractivity contribution < 1.29 is 9.90 Å². The SMILES string of the molecule is O=C(O)Cn1c(-c2ccc(Br)s2)csc1=O. The molecule has 0 bridgehead atoms. The van der Waals surface area contributed by atoms with E-state index in [9.17, 15) is 9.59 Å². The first-order valence-corrected chi connectivity index (χ1v) is 6.72. The minimum atomic E-state index is -1.02. The fourth-order valence-corrected chi connectivity index (χ4v) is 3.50. The predicted molar refractivity (Wildman–Crippen MR) is 67.2 cm³/mol. The Morgan fingerprint density at radius 3 is 2.81 bits per heavy atom. The molecule has 2 heterocycles. The third kappa shape index (κ3) is 2.26. The minimum Gasteiger partial charge on any atom is -0.480 e. The van der Waals surface area contributed by atoms with E-state index >= 15 is 0 Å². The summed E-state index contributed by atoms with van der Waals surface area (Å²) in [6.07, 6.45) is 0. The molecule has 0 fully saturated rings. The molecule has 16 heavy (non-hydrogen) atoms. The molecule has 0 aliphatic rings. The quantitative estimate of drug-likeness (QED) is 0.945. The summed E-state index contributed by atoms with van der Waals surface area (Å²) in [5.74, 6) is -1.02. The van der Waals surface area contributed by atoms with Gasteiger partial charge < -0.3 is 5.11 Å². The molecule has 0 amide bonds. The standard InChI is InChI=1S/C9H6BrNO3S2/c10-7-2-1-6(16-7)5-4-15-9(14)11(5)3-8(12)13/h1-2,4H,3H2,(H,12,13). The number of aliphatic carboxylic acids is 1. The first kappa shape index (κ1) is 11.6. The van der Waals surface area contributed by atoms with Crippen molar-refractivity contribution in [2.24, 2.45) is 0 Å². The van der Waals surface area contributed by atoms with Crippen LogP contribution in [0, 0.1) is 0 Å². The highest BCUT2D eigenvalue weighted by molar-refractivity contribution is 9.11. The first-order valence-electron chi connectivity index (χ1n) is 4.24. The van der Waals surface area contributed by atoms with Gasteiger partial charge in [-0.15, -0.1) is 11.3 Å². The van der Waals surface area contributed by atoms with Crippen LogP contribution in [-0.4, -0.2) is 15.6 Å². The highest BCUT2D eigenvalue weighted by Crippen LogP contribution is 2.31. The zero-order chi connectivity index (χ0) is 11.7. The Bertz CT molecular complexity index is 584. The van der Waals surface area contributed by atoms with E-state index in [4.69, 9.17) is 5.11 Å². The molecular weight excluding hydrogens is 314 g/mol. The summed E-state index contributed by atoms with van der Waals surface area (Å²) in [5.41, 5.74) is 0.660. The molecule has 0 unspecified atom stereocenters. The largest absolute Gasteiger partial charge is 0.480 e. The second-order valence-corrected chi connectivity index (χ2v) is 6.25. The normalized spacial score (nSPS) is 10.6. The predicted octanol–water partition coefficient (Wildman–Crippen LogP) is 2.49. The van der Waals surface area contributed by atoms with Gasteiger partial charge in [0, 0.05) is 5.38 Å². The third-order valence-electron chi connectivity index (χ3n) is 1.90. The molecule has 2 rings (SSSR count). The van der Waals surface area contributed by atoms with E-state index in [1.54, 1.807) is 5.38 Å². The highest BCUT2D eigenvalue weighted by Gasteiger charge is 2.13. The zero-order valence-electron chi connectivity index (χ0n) is 7.84. The van der Waals surface area contributed by atoms with Gasteiger partial charge in [0.25, 0.3) is 0 Å². The fraction of sp³-hybridized carbons (Fsp3) is 0.111. The van der Waals surface area contributed by atoms with Gasteiger partial charge in [-0.25, -0.2) is 0 Å². The van der Waals surface area contributed by atoms with Gasteiger partial charge in [0.05, 0.1) is 14.4 Å². The van der Waals surface area contributed by atoms with Gasteiger partial charge in [0.2, 0.25) is 0 Å². The molecule has 0 atom stereocenters. The summed E-state index contributed by atoms with van der Waals surface area (Å²) >= 11 is 5.81. The van der Waals surface area contributed by atoms with Crippen LogP contribution in [0.2, 0.25) is 0 Å². The second kappa shape index (κ2) is 4.52. The average molecular weight is 320 g/mol. The van der Waals surface area contributed by atoms with E-state index < -0.39 is 5.97 Å². The number of thiophene rings is 1. The molecule has 4 nitrogen and oxygen atoms in total. The van der Waals surface area contributed by atoms with Crippen LogP contribution in [0.25, 0.3) is 10.6 Å². The Morgan fingerprint density at radius 1 is 1.50 bits per heavy atom. The van der Waals surface area contributed by atoms with Gasteiger partial charge in [0.1, 0.15) is 6.54 Å². The summed E-state index contributed by atoms with van der Waals surface area (Å²) in [6, 6.07) is 3.72. The lowest BCUT2D eigenvalue weighted by Gasteiger charge is -2.01. The van der Waals surface area contributed by atoms with Crippen molar-refractivity contribution in [3.63, 3.8) is 0 Å². The van der Waals surface area contributed by atoms with E-state index in [0.29, 0.717) is 5.69 Å². The van der Waals surface area contributed by atoms with E-state index in [-0.39, 0.29) is 11.4 Å². The van der Waals surface area contributed by atoms with Gasteiger partial charge >= 0.3 is 10.8 Å². The van der Waals surface area contributed by atoms with E-state index in [2.05, 4.69) is 15.9 Å². The Hall–Kier alpha value is -0.920. The maximum atomic E-state index is 11.5. The molecule has 0 aromatic carbocycles. The molecular formula is C9H6BrNO3S2. The van der Waals surface area contributed by atoms with Crippen LogP contribution >= 0.6 is 38.6 Å². The number of nitrogens with zero attached hydrogens (tertiary/aromatic N) is 1. The summed E-state index contributed by atoms with van der Waals surface area (Å²) < 4.78 is 2.22. The summed E-state index contributed by atoms with van der Waals surface area (Å²) in [6.45, 7) is -0.298. The van der Waals surface area contributed by atoms with Gasteiger partial charge in [-0.2, -0.15) is 0 Å². The Kier molecular flexibility index (Phi) is 3.27. The number of hydrogen-bond donors (Lipinski definition) is 1. The Labute approximate surface area is 107 Å². The third-order valence-corrected chi connectivity index (χ3v) is 4.31. The van der Waals surface area contributed by atoms with Crippen molar-refractivity contribution in [2.45, 2.75) is 6.54 Å². The van der Waals surface area contributed by atoms with Crippen LogP contribution in [0.1, 0.15) is 0 Å². The van der Waals surface area contributed by atoms with Gasteiger partial charge in [-0.1, -0.05) is 11.3 Å². The minimum absolute atomic E-state index is 0.248. The average Bonchev–Trinajstić information content (AvgIpc) is 2.75. The topological polar surface area (TPSA) is 59.3 Å². The maximum Gasteiger partial charge on any atom is 0.323 e. The van der Waals surface area contributed by atoms with Crippen molar-refractivity contribution in [3.05, 3.63) is 31.0 Å². The zero-order valence-corrected chi connectivity index (χ0v) is 11.1. The number of carbonyl (C=O) groups is 1. The number of carboxylic acid groups (broad SMARTS) is 1. The Morgan fingerprint density at radius 2 is 2.25 bits per heavy atom. The van der Waals surface area contributed by atoms with Gasteiger partial charge in [-0.3, -0.25) is 14.2 Å². The van der Waals surface area contributed by atoms with Crippen molar-refractivity contribution in [1.82, 2.24) is 4.57 Å². The Balaban J connectivity index is 2.49. The summed E-state index contributed by atoms with van der Waals surface area (Å²) in [4.78, 5) is 22.7. The number of carboxylic acids is 1. The molecule has 0 aliphatic heterocycles. The van der Waals surface area contributed by atoms with Crippen LogP contribution in [0.15, 0.2) is 26.1 Å². The number of hydrogen-bond acceptors (Lipinski definition) is 4. The molecule has 0 radical (unpaired) electrons. The molecule has 0 spiro atoms. The van der Waals surface area contributed by atoms with Crippen molar-refractivity contribution in [3.8, 4) is 10.6 Å². The van der Waals surface area contributed by atoms with Gasteiger partial charge in [-0.05, 0) is 28.1 Å². The molecule has 0 saturated carbocycles. The summed E-state index contributed by atoms with van der Waals surface area (Å²) in [5, 5.41) is 10.4. The molecule has 0 aliphatic carbocycles. The maximum absolute atomic E-state index is 11.5. The van der Waals surface area contributed by atoms with Crippen LogP contribution in [0.4, 0.5) is 0 Å². The van der Waals surface area contributed by atoms with E-state index in [0.717, 1.165) is 20.0 Å². The molecule has 84 valence electrons.